The summed E-state index contributed by atoms with van der Waals surface area (Å²) < 4.78 is 7.37. The lowest BCUT2D eigenvalue weighted by atomic mass is 10.1. The number of unbranched alkanes of at least 4 members (excludes halogenated alkanes) is 1. The maximum atomic E-state index is 5.41. The number of hydrogen-bond acceptors (Lipinski definition) is 4. The number of rotatable bonds is 9. The summed E-state index contributed by atoms with van der Waals surface area (Å²) in [5, 5.41) is 15.1. The molecule has 0 amide bonds. The van der Waals surface area contributed by atoms with Crippen molar-refractivity contribution in [1.29, 1.82) is 0 Å². The molecule has 0 unspecified atom stereocenters. The molecule has 2 N–H and O–H groups in total. The zero-order valence-corrected chi connectivity index (χ0v) is 17.2. The molecular formula is C20H32N6O. The van der Waals surface area contributed by atoms with Crippen molar-refractivity contribution in [2.24, 2.45) is 12.0 Å². The van der Waals surface area contributed by atoms with Gasteiger partial charge in [0.2, 0.25) is 0 Å². The lowest BCUT2D eigenvalue weighted by Gasteiger charge is -2.13. The van der Waals surface area contributed by atoms with E-state index in [0.717, 1.165) is 61.3 Å². The van der Waals surface area contributed by atoms with Crippen LogP contribution in [0.5, 0.6) is 5.75 Å². The van der Waals surface area contributed by atoms with Crippen LogP contribution >= 0.6 is 0 Å². The van der Waals surface area contributed by atoms with Crippen LogP contribution in [0.4, 0.5) is 0 Å². The molecule has 7 nitrogen and oxygen atoms in total. The van der Waals surface area contributed by atoms with Crippen LogP contribution in [-0.4, -0.2) is 40.9 Å². The van der Waals surface area contributed by atoms with Gasteiger partial charge in [0.25, 0.3) is 0 Å². The fourth-order valence-electron chi connectivity index (χ4n) is 2.64. The normalized spacial score (nSPS) is 11.5. The molecule has 0 fully saturated rings. The molecule has 2 rings (SSSR count). The third kappa shape index (κ3) is 6.27. The fourth-order valence-corrected chi connectivity index (χ4v) is 2.64. The van der Waals surface area contributed by atoms with Gasteiger partial charge in [0.1, 0.15) is 18.1 Å². The molecule has 1 heterocycles. The summed E-state index contributed by atoms with van der Waals surface area (Å²) in [4.78, 5) is 4.67. The quantitative estimate of drug-likeness (QED) is 0.402. The summed E-state index contributed by atoms with van der Waals surface area (Å²) >= 11 is 0. The van der Waals surface area contributed by atoms with Gasteiger partial charge in [-0.1, -0.05) is 25.5 Å². The Morgan fingerprint density at radius 1 is 1.19 bits per heavy atom. The summed E-state index contributed by atoms with van der Waals surface area (Å²) in [7, 11) is 3.67. The first-order valence-electron chi connectivity index (χ1n) is 9.55. The zero-order valence-electron chi connectivity index (χ0n) is 17.2. The Morgan fingerprint density at radius 2 is 1.96 bits per heavy atom. The first-order valence-corrected chi connectivity index (χ1v) is 9.55. The number of guanidine groups is 1. The van der Waals surface area contributed by atoms with Crippen LogP contribution in [0.25, 0.3) is 0 Å². The largest absolute Gasteiger partial charge is 0.496 e. The van der Waals surface area contributed by atoms with Gasteiger partial charge in [0.05, 0.1) is 7.11 Å². The van der Waals surface area contributed by atoms with Crippen LogP contribution in [0.2, 0.25) is 0 Å². The van der Waals surface area contributed by atoms with Gasteiger partial charge < -0.3 is 19.9 Å². The summed E-state index contributed by atoms with van der Waals surface area (Å²) in [5.41, 5.74) is 2.39. The monoisotopic (exact) mass is 372 g/mol. The van der Waals surface area contributed by atoms with E-state index < -0.39 is 0 Å². The molecule has 27 heavy (non-hydrogen) atoms. The number of aryl methyl sites for hydroxylation is 2. The maximum Gasteiger partial charge on any atom is 0.191 e. The standard InChI is InChI=1S/C20H32N6O/c1-6-7-11-21-20(23-14-19-25-24-16(3)26(19)4)22-12-10-17-9-8-15(2)18(13-17)27-5/h8-9,13H,6-7,10-12,14H2,1-5H3,(H2,21,22,23). The molecule has 0 radical (unpaired) electrons. The number of aromatic nitrogens is 3. The zero-order chi connectivity index (χ0) is 19.6. The minimum Gasteiger partial charge on any atom is -0.496 e. The first kappa shape index (κ1) is 20.7. The van der Waals surface area contributed by atoms with Gasteiger partial charge in [-0.05, 0) is 43.9 Å². The van der Waals surface area contributed by atoms with Crippen LogP contribution in [0.3, 0.4) is 0 Å². The van der Waals surface area contributed by atoms with E-state index in [0.29, 0.717) is 6.54 Å². The van der Waals surface area contributed by atoms with E-state index in [1.54, 1.807) is 7.11 Å². The van der Waals surface area contributed by atoms with Gasteiger partial charge in [-0.25, -0.2) is 4.99 Å². The average Bonchev–Trinajstić information content (AvgIpc) is 2.99. The average molecular weight is 373 g/mol. The van der Waals surface area contributed by atoms with Gasteiger partial charge in [-0.3, -0.25) is 0 Å². The number of ether oxygens (including phenoxy) is 1. The predicted molar refractivity (Wildman–Crippen MR) is 109 cm³/mol. The molecule has 0 bridgehead atoms. The maximum absolute atomic E-state index is 5.41. The Hall–Kier alpha value is -2.57. The lowest BCUT2D eigenvalue weighted by molar-refractivity contribution is 0.411. The molecule has 0 spiro atoms. The molecule has 0 aliphatic heterocycles. The van der Waals surface area contributed by atoms with E-state index in [2.05, 4.69) is 57.9 Å². The van der Waals surface area contributed by atoms with Crippen LogP contribution in [-0.2, 0) is 20.0 Å². The number of benzene rings is 1. The second-order valence-corrected chi connectivity index (χ2v) is 6.65. The van der Waals surface area contributed by atoms with E-state index in [-0.39, 0.29) is 0 Å². The second-order valence-electron chi connectivity index (χ2n) is 6.65. The van der Waals surface area contributed by atoms with Crippen molar-refractivity contribution in [3.05, 3.63) is 41.0 Å². The molecule has 7 heteroatoms. The molecule has 0 aliphatic rings. The Kier molecular flexibility index (Phi) is 8.10. The van der Waals surface area contributed by atoms with Crippen molar-refractivity contribution >= 4 is 5.96 Å². The molecule has 0 saturated heterocycles. The molecule has 0 aliphatic carbocycles. The highest BCUT2D eigenvalue weighted by atomic mass is 16.5. The number of nitrogens with zero attached hydrogens (tertiary/aromatic N) is 4. The van der Waals surface area contributed by atoms with Gasteiger partial charge in [0.15, 0.2) is 11.8 Å². The predicted octanol–water partition coefficient (Wildman–Crippen LogP) is 2.52. The van der Waals surface area contributed by atoms with Crippen LogP contribution < -0.4 is 15.4 Å². The molecular weight excluding hydrogens is 340 g/mol. The lowest BCUT2D eigenvalue weighted by Crippen LogP contribution is -2.39. The van der Waals surface area contributed by atoms with Gasteiger partial charge in [-0.2, -0.15) is 0 Å². The summed E-state index contributed by atoms with van der Waals surface area (Å²) in [5.74, 6) is 3.48. The minimum atomic E-state index is 0.497. The minimum absolute atomic E-state index is 0.497. The number of hydrogen-bond donors (Lipinski definition) is 2. The molecule has 1 aromatic heterocycles. The summed E-state index contributed by atoms with van der Waals surface area (Å²) in [6.07, 6.45) is 3.15. The van der Waals surface area contributed by atoms with Crippen LogP contribution in [0.1, 0.15) is 42.5 Å². The van der Waals surface area contributed by atoms with Gasteiger partial charge in [-0.15, -0.1) is 10.2 Å². The molecule has 0 atom stereocenters. The Labute approximate surface area is 162 Å². The van der Waals surface area contributed by atoms with Crippen molar-refractivity contribution in [2.75, 3.05) is 20.2 Å². The van der Waals surface area contributed by atoms with E-state index in [1.807, 2.05) is 18.5 Å². The topological polar surface area (TPSA) is 76.4 Å². The third-order valence-electron chi connectivity index (χ3n) is 4.56. The SMILES string of the molecule is CCCCNC(=NCc1nnc(C)n1C)NCCc1ccc(C)c(OC)c1. The number of aliphatic imine (C=N–C) groups is 1. The van der Waals surface area contributed by atoms with E-state index in [9.17, 15) is 0 Å². The van der Waals surface area contributed by atoms with Crippen molar-refractivity contribution < 1.29 is 4.74 Å². The van der Waals surface area contributed by atoms with Crippen molar-refractivity contribution in [1.82, 2.24) is 25.4 Å². The van der Waals surface area contributed by atoms with E-state index >= 15 is 0 Å². The number of methoxy groups -OCH3 is 1. The summed E-state index contributed by atoms with van der Waals surface area (Å²) in [6, 6.07) is 6.34. The van der Waals surface area contributed by atoms with Crippen molar-refractivity contribution in [3.63, 3.8) is 0 Å². The highest BCUT2D eigenvalue weighted by Crippen LogP contribution is 2.18. The highest BCUT2D eigenvalue weighted by Gasteiger charge is 2.06. The third-order valence-corrected chi connectivity index (χ3v) is 4.56. The fraction of sp³-hybridized carbons (Fsp3) is 0.550. The smallest absolute Gasteiger partial charge is 0.191 e. The molecule has 2 aromatic rings. The summed E-state index contributed by atoms with van der Waals surface area (Å²) in [6.45, 7) is 8.36. The second kappa shape index (κ2) is 10.5. The first-order chi connectivity index (χ1) is 13.0. The number of nitrogens with one attached hydrogen (secondary N) is 2. The van der Waals surface area contributed by atoms with Crippen LogP contribution in [0, 0.1) is 13.8 Å². The van der Waals surface area contributed by atoms with E-state index in [1.165, 1.54) is 5.56 Å². The molecule has 0 saturated carbocycles. The Bertz CT molecular complexity index is 753. The highest BCUT2D eigenvalue weighted by molar-refractivity contribution is 5.79. The van der Waals surface area contributed by atoms with Crippen LogP contribution in [0.15, 0.2) is 23.2 Å². The van der Waals surface area contributed by atoms with E-state index in [4.69, 9.17) is 4.74 Å². The Balaban J connectivity index is 1.95. The van der Waals surface area contributed by atoms with Crippen molar-refractivity contribution in [3.8, 4) is 5.75 Å². The van der Waals surface area contributed by atoms with Gasteiger partial charge >= 0.3 is 0 Å². The molecule has 148 valence electrons. The van der Waals surface area contributed by atoms with Gasteiger partial charge in [0, 0.05) is 20.1 Å². The van der Waals surface area contributed by atoms with Crippen molar-refractivity contribution in [2.45, 2.75) is 46.6 Å². The molecule has 1 aromatic carbocycles. The Morgan fingerprint density at radius 3 is 2.63 bits per heavy atom.